The minimum atomic E-state index is -0.889. The van der Waals surface area contributed by atoms with Gasteiger partial charge in [0.15, 0.2) is 0 Å². The van der Waals surface area contributed by atoms with E-state index in [1.165, 1.54) is 4.68 Å². The van der Waals surface area contributed by atoms with Crippen LogP contribution in [-0.4, -0.2) is 20.9 Å². The van der Waals surface area contributed by atoms with E-state index in [1.54, 1.807) is 38.2 Å². The fraction of sp³-hybridized carbons (Fsp3) is 0.238. The first-order valence-electron chi connectivity index (χ1n) is 8.46. The predicted octanol–water partition coefficient (Wildman–Crippen LogP) is 3.87. The molecule has 27 heavy (non-hydrogen) atoms. The number of halogens is 1. The van der Waals surface area contributed by atoms with Crippen molar-refractivity contribution >= 4 is 16.9 Å². The monoisotopic (exact) mass is 366 g/mol. The Kier molecular flexibility index (Phi) is 5.41. The number of fused-ring (bicyclic) bond motifs is 1. The highest BCUT2D eigenvalue weighted by atomic mass is 19.1. The van der Waals surface area contributed by atoms with Crippen molar-refractivity contribution in [1.29, 1.82) is 0 Å². The summed E-state index contributed by atoms with van der Waals surface area (Å²) in [6, 6.07) is 12.5. The minimum absolute atomic E-state index is 0.0465. The molecule has 1 unspecified atom stereocenters. The lowest BCUT2D eigenvalue weighted by atomic mass is 9.96. The van der Waals surface area contributed by atoms with E-state index in [2.05, 4.69) is 16.9 Å². The summed E-state index contributed by atoms with van der Waals surface area (Å²) in [5.41, 5.74) is 2.36. The first-order valence-corrected chi connectivity index (χ1v) is 8.46. The molecule has 0 radical (unpaired) electrons. The standard InChI is InChI=1S/C21H19FN2O3/c1-3-5-15(12-19(25)26)14-8-10-17(11-9-14)27-13-16-6-4-7-18-20(16)24(2)23-21(18)22/h4,6-11,15H,12-13H2,1-2H3,(H,25,26). The van der Waals surface area contributed by atoms with E-state index in [0.29, 0.717) is 16.7 Å². The minimum Gasteiger partial charge on any atom is -0.489 e. The molecule has 3 aromatic rings. The van der Waals surface area contributed by atoms with Crippen LogP contribution in [0.25, 0.3) is 10.9 Å². The third-order valence-corrected chi connectivity index (χ3v) is 4.28. The maximum atomic E-state index is 13.8. The van der Waals surface area contributed by atoms with E-state index in [0.717, 1.165) is 11.1 Å². The Labute approximate surface area is 156 Å². The summed E-state index contributed by atoms with van der Waals surface area (Å²) in [7, 11) is 1.70. The first-order chi connectivity index (χ1) is 13.0. The number of aromatic nitrogens is 2. The van der Waals surface area contributed by atoms with E-state index >= 15 is 0 Å². The zero-order valence-corrected chi connectivity index (χ0v) is 15.1. The molecule has 0 aliphatic rings. The van der Waals surface area contributed by atoms with Crippen molar-refractivity contribution in [3.8, 4) is 17.6 Å². The van der Waals surface area contributed by atoms with Gasteiger partial charge in [-0.3, -0.25) is 9.48 Å². The van der Waals surface area contributed by atoms with Crippen molar-refractivity contribution in [2.24, 2.45) is 7.05 Å². The maximum absolute atomic E-state index is 13.8. The van der Waals surface area contributed by atoms with Gasteiger partial charge in [0.25, 0.3) is 0 Å². The second-order valence-corrected chi connectivity index (χ2v) is 6.13. The highest BCUT2D eigenvalue weighted by Gasteiger charge is 2.14. The van der Waals surface area contributed by atoms with E-state index in [4.69, 9.17) is 9.84 Å². The molecule has 1 atom stereocenters. The number of aryl methyl sites for hydroxylation is 1. The maximum Gasteiger partial charge on any atom is 0.304 e. The van der Waals surface area contributed by atoms with Gasteiger partial charge >= 0.3 is 5.97 Å². The Morgan fingerprint density at radius 3 is 2.70 bits per heavy atom. The highest BCUT2D eigenvalue weighted by Crippen LogP contribution is 2.25. The Hall–Kier alpha value is -3.33. The van der Waals surface area contributed by atoms with Gasteiger partial charge < -0.3 is 9.84 Å². The molecule has 0 saturated carbocycles. The molecule has 0 fully saturated rings. The van der Waals surface area contributed by atoms with Gasteiger partial charge in [-0.1, -0.05) is 30.2 Å². The van der Waals surface area contributed by atoms with Gasteiger partial charge in [0, 0.05) is 12.6 Å². The number of rotatable bonds is 6. The van der Waals surface area contributed by atoms with Crippen LogP contribution in [-0.2, 0) is 18.4 Å². The average Bonchev–Trinajstić information content (AvgIpc) is 2.94. The van der Waals surface area contributed by atoms with Crippen LogP contribution in [0.4, 0.5) is 4.39 Å². The second kappa shape index (κ2) is 7.92. The van der Waals surface area contributed by atoms with Crippen molar-refractivity contribution in [3.05, 3.63) is 59.5 Å². The molecule has 3 rings (SSSR count). The van der Waals surface area contributed by atoms with Gasteiger partial charge in [-0.15, -0.1) is 11.0 Å². The normalized spacial score (nSPS) is 11.7. The molecule has 1 aromatic heterocycles. The number of hydrogen-bond donors (Lipinski definition) is 1. The summed E-state index contributed by atoms with van der Waals surface area (Å²) in [6.07, 6.45) is -0.0465. The molecule has 138 valence electrons. The molecule has 1 heterocycles. The van der Waals surface area contributed by atoms with Crippen LogP contribution in [0.5, 0.6) is 5.75 Å². The lowest BCUT2D eigenvalue weighted by molar-refractivity contribution is -0.137. The number of nitrogens with zero attached hydrogens (tertiary/aromatic N) is 2. The van der Waals surface area contributed by atoms with Crippen molar-refractivity contribution < 1.29 is 19.0 Å². The third kappa shape index (κ3) is 4.09. The lowest BCUT2D eigenvalue weighted by Gasteiger charge is -2.11. The van der Waals surface area contributed by atoms with Gasteiger partial charge in [0.2, 0.25) is 5.95 Å². The summed E-state index contributed by atoms with van der Waals surface area (Å²) < 4.78 is 21.1. The van der Waals surface area contributed by atoms with Crippen LogP contribution in [0.1, 0.15) is 30.4 Å². The number of benzene rings is 2. The number of ether oxygens (including phenoxy) is 1. The number of carboxylic acid groups (broad SMARTS) is 1. The van der Waals surface area contributed by atoms with Gasteiger partial charge in [0.05, 0.1) is 23.2 Å². The molecule has 0 aliphatic carbocycles. The molecular weight excluding hydrogens is 347 g/mol. The largest absolute Gasteiger partial charge is 0.489 e. The van der Waals surface area contributed by atoms with Crippen LogP contribution < -0.4 is 4.74 Å². The number of carbonyl (C=O) groups is 1. The van der Waals surface area contributed by atoms with Crippen LogP contribution >= 0.6 is 0 Å². The average molecular weight is 366 g/mol. The summed E-state index contributed by atoms with van der Waals surface area (Å²) in [5, 5.41) is 13.3. The Morgan fingerprint density at radius 2 is 2.04 bits per heavy atom. The number of hydrogen-bond acceptors (Lipinski definition) is 3. The zero-order chi connectivity index (χ0) is 19.4. The fourth-order valence-corrected chi connectivity index (χ4v) is 3.05. The van der Waals surface area contributed by atoms with Crippen molar-refractivity contribution in [3.63, 3.8) is 0 Å². The van der Waals surface area contributed by atoms with E-state index in [9.17, 15) is 9.18 Å². The smallest absolute Gasteiger partial charge is 0.304 e. The quantitative estimate of drug-likeness (QED) is 0.673. The van der Waals surface area contributed by atoms with Crippen molar-refractivity contribution in [2.45, 2.75) is 25.9 Å². The van der Waals surface area contributed by atoms with Crippen LogP contribution in [0, 0.1) is 17.8 Å². The summed E-state index contributed by atoms with van der Waals surface area (Å²) >= 11 is 0. The fourth-order valence-electron chi connectivity index (χ4n) is 3.05. The summed E-state index contributed by atoms with van der Waals surface area (Å²) in [4.78, 5) is 11.0. The number of carboxylic acids is 1. The molecule has 1 N–H and O–H groups in total. The lowest BCUT2D eigenvalue weighted by Crippen LogP contribution is -2.05. The van der Waals surface area contributed by atoms with E-state index < -0.39 is 11.9 Å². The summed E-state index contributed by atoms with van der Waals surface area (Å²) in [6.45, 7) is 1.96. The molecule has 6 heteroatoms. The first kappa shape index (κ1) is 18.5. The van der Waals surface area contributed by atoms with Crippen LogP contribution in [0.15, 0.2) is 42.5 Å². The topological polar surface area (TPSA) is 64.3 Å². The Balaban J connectivity index is 1.76. The SMILES string of the molecule is CC#CC(CC(=O)O)c1ccc(OCc2cccc3c(F)nn(C)c23)cc1. The predicted molar refractivity (Wildman–Crippen MR) is 99.9 cm³/mol. The van der Waals surface area contributed by atoms with Crippen molar-refractivity contribution in [2.75, 3.05) is 0 Å². The van der Waals surface area contributed by atoms with Gasteiger partial charge in [0.1, 0.15) is 12.4 Å². The highest BCUT2D eigenvalue weighted by molar-refractivity contribution is 5.82. The number of aliphatic carboxylic acids is 1. The molecule has 0 aliphatic heterocycles. The molecule has 5 nitrogen and oxygen atoms in total. The van der Waals surface area contributed by atoms with E-state index in [-0.39, 0.29) is 18.9 Å². The van der Waals surface area contributed by atoms with Gasteiger partial charge in [-0.05, 0) is 30.7 Å². The molecule has 0 spiro atoms. The van der Waals surface area contributed by atoms with Crippen LogP contribution in [0.2, 0.25) is 0 Å². The van der Waals surface area contributed by atoms with Crippen molar-refractivity contribution in [1.82, 2.24) is 9.78 Å². The van der Waals surface area contributed by atoms with E-state index in [1.807, 2.05) is 18.2 Å². The second-order valence-electron chi connectivity index (χ2n) is 6.13. The Morgan fingerprint density at radius 1 is 1.30 bits per heavy atom. The molecule has 2 aromatic carbocycles. The molecule has 0 amide bonds. The number of para-hydroxylation sites is 1. The molecule has 0 bridgehead atoms. The van der Waals surface area contributed by atoms with Crippen LogP contribution in [0.3, 0.4) is 0 Å². The third-order valence-electron chi connectivity index (χ3n) is 4.28. The molecule has 0 saturated heterocycles. The van der Waals surface area contributed by atoms with Gasteiger partial charge in [-0.2, -0.15) is 4.39 Å². The Bertz CT molecular complexity index is 1030. The summed E-state index contributed by atoms with van der Waals surface area (Å²) in [5.74, 6) is 4.59. The zero-order valence-electron chi connectivity index (χ0n) is 15.1. The molecular formula is C21H19FN2O3. The van der Waals surface area contributed by atoms with Gasteiger partial charge in [-0.25, -0.2) is 0 Å².